The maximum atomic E-state index is 13.0. The molecule has 0 bridgehead atoms. The number of H-pyrrole nitrogens is 1. The third kappa shape index (κ3) is 8.77. The molecule has 4 heterocycles. The molecule has 2 atom stereocenters. The molecule has 3 aromatic carbocycles. The first-order valence-electron chi connectivity index (χ1n) is 18.8. The number of carbonyl (C=O) groups is 6. The zero-order chi connectivity index (χ0) is 39.2. The molecule has 16 nitrogen and oxygen atoms in total. The monoisotopic (exact) mass is 764 g/mol. The molecule has 0 aliphatic carbocycles. The molecule has 56 heavy (non-hydrogen) atoms. The van der Waals surface area contributed by atoms with E-state index in [4.69, 9.17) is 14.5 Å². The van der Waals surface area contributed by atoms with Crippen molar-refractivity contribution in [1.29, 1.82) is 0 Å². The van der Waals surface area contributed by atoms with E-state index < -0.39 is 29.7 Å². The summed E-state index contributed by atoms with van der Waals surface area (Å²) in [5.41, 5.74) is 4.22. The van der Waals surface area contributed by atoms with Gasteiger partial charge in [0.2, 0.25) is 11.8 Å². The van der Waals surface area contributed by atoms with Gasteiger partial charge in [0.05, 0.1) is 55.1 Å². The number of ether oxygens (including phenoxy) is 2. The van der Waals surface area contributed by atoms with Gasteiger partial charge in [0.25, 0.3) is 23.6 Å². The van der Waals surface area contributed by atoms with Crippen molar-refractivity contribution in [2.45, 2.75) is 51.2 Å². The first-order valence-corrected chi connectivity index (χ1v) is 18.8. The number of piperidine rings is 1. The minimum Gasteiger partial charge on any atom is -0.383 e. The van der Waals surface area contributed by atoms with Gasteiger partial charge >= 0.3 is 0 Å². The molecule has 3 aliphatic heterocycles. The number of imide groups is 2. The number of aromatic nitrogens is 2. The Morgan fingerprint density at radius 1 is 0.821 bits per heavy atom. The summed E-state index contributed by atoms with van der Waals surface area (Å²) < 4.78 is 11.2. The Kier molecular flexibility index (Phi) is 11.8. The number of rotatable bonds is 16. The fourth-order valence-electron chi connectivity index (χ4n) is 7.12. The van der Waals surface area contributed by atoms with Gasteiger partial charge in [-0.05, 0) is 93.4 Å². The smallest absolute Gasteiger partial charge is 0.262 e. The topological polar surface area (TPSA) is 204 Å². The highest BCUT2D eigenvalue weighted by molar-refractivity contribution is 6.23. The van der Waals surface area contributed by atoms with Crippen LogP contribution in [0.2, 0.25) is 0 Å². The van der Waals surface area contributed by atoms with Crippen molar-refractivity contribution in [1.82, 2.24) is 30.4 Å². The summed E-state index contributed by atoms with van der Waals surface area (Å²) in [7, 11) is 0. The molecule has 1 unspecified atom stereocenters. The van der Waals surface area contributed by atoms with Crippen LogP contribution in [0.3, 0.4) is 0 Å². The van der Waals surface area contributed by atoms with E-state index in [1.165, 1.54) is 12.8 Å². The molecule has 7 rings (SSSR count). The van der Waals surface area contributed by atoms with Crippen LogP contribution in [0.15, 0.2) is 60.7 Å². The van der Waals surface area contributed by atoms with Crippen LogP contribution >= 0.6 is 0 Å². The van der Waals surface area contributed by atoms with Gasteiger partial charge in [-0.15, -0.1) is 0 Å². The molecule has 0 spiro atoms. The van der Waals surface area contributed by atoms with Crippen LogP contribution in [0, 0.1) is 0 Å². The van der Waals surface area contributed by atoms with Gasteiger partial charge in [0.15, 0.2) is 0 Å². The van der Waals surface area contributed by atoms with Crippen molar-refractivity contribution in [3.05, 3.63) is 88.7 Å². The lowest BCUT2D eigenvalue weighted by atomic mass is 10.0. The lowest BCUT2D eigenvalue weighted by Gasteiger charge is -2.27. The number of likely N-dealkylation sites (tertiary alicyclic amines) is 1. The largest absolute Gasteiger partial charge is 0.383 e. The third-order valence-corrected chi connectivity index (χ3v) is 10.2. The van der Waals surface area contributed by atoms with Gasteiger partial charge in [-0.1, -0.05) is 0 Å². The maximum Gasteiger partial charge on any atom is 0.262 e. The number of hydrogen-bond donors (Lipinski definition) is 5. The van der Waals surface area contributed by atoms with Crippen molar-refractivity contribution in [2.75, 3.05) is 56.7 Å². The second kappa shape index (κ2) is 17.2. The van der Waals surface area contributed by atoms with Gasteiger partial charge < -0.3 is 30.4 Å². The van der Waals surface area contributed by atoms with Gasteiger partial charge in [0.1, 0.15) is 11.9 Å². The van der Waals surface area contributed by atoms with Crippen molar-refractivity contribution in [3.63, 3.8) is 0 Å². The average molecular weight is 765 g/mol. The van der Waals surface area contributed by atoms with Crippen LogP contribution < -0.4 is 21.3 Å². The summed E-state index contributed by atoms with van der Waals surface area (Å²) in [5, 5.41) is 11.1. The minimum absolute atomic E-state index is 0.0593. The first kappa shape index (κ1) is 38.3. The molecular weight excluding hydrogens is 720 g/mol. The first-order chi connectivity index (χ1) is 27.1. The minimum atomic E-state index is -1.01. The third-order valence-electron chi connectivity index (χ3n) is 10.2. The molecule has 0 saturated carbocycles. The van der Waals surface area contributed by atoms with Gasteiger partial charge in [0, 0.05) is 48.1 Å². The molecule has 1 aromatic heterocycles. The van der Waals surface area contributed by atoms with Crippen molar-refractivity contribution >= 4 is 57.9 Å². The summed E-state index contributed by atoms with van der Waals surface area (Å²) in [6, 6.07) is 16.3. The van der Waals surface area contributed by atoms with E-state index >= 15 is 0 Å². The molecule has 2 fully saturated rings. The number of amides is 6. The highest BCUT2D eigenvalue weighted by Gasteiger charge is 2.44. The van der Waals surface area contributed by atoms with E-state index in [9.17, 15) is 28.8 Å². The Bertz CT molecular complexity index is 2150. The number of fused-ring (bicyclic) bond motifs is 2. The standard InChI is InChI=1S/C40H44N8O8/c1-24-3-2-16-47(24)23-34-44-31-11-9-28(22-32(31)45-34)43-37(51)26-6-4-25(5-7-26)36(50)42-15-18-56-20-19-55-17-14-41-27-8-10-29-30(21-27)40(54)48(39(29)53)33-12-13-35(49)46-38(33)52/h4-11,21-22,24,33,41H,2-3,12-20,23H2,1H3,(H,42,50)(H,43,51)(H,44,45)(H,46,49,52)/t24-,33?/m0/s1. The second-order valence-corrected chi connectivity index (χ2v) is 14.0. The molecule has 3 aliphatic rings. The van der Waals surface area contributed by atoms with E-state index in [1.54, 1.807) is 42.5 Å². The second-order valence-electron chi connectivity index (χ2n) is 14.0. The highest BCUT2D eigenvalue weighted by Crippen LogP contribution is 2.29. The number of aromatic amines is 1. The van der Waals surface area contributed by atoms with Crippen LogP contribution in [0.5, 0.6) is 0 Å². The zero-order valence-electron chi connectivity index (χ0n) is 31.0. The van der Waals surface area contributed by atoms with Gasteiger partial charge in [-0.3, -0.25) is 43.9 Å². The maximum absolute atomic E-state index is 13.0. The molecule has 292 valence electrons. The van der Waals surface area contributed by atoms with Crippen LogP contribution in [-0.4, -0.2) is 113 Å². The Morgan fingerprint density at radius 2 is 1.54 bits per heavy atom. The van der Waals surface area contributed by atoms with Crippen LogP contribution in [0.1, 0.15) is 79.9 Å². The summed E-state index contributed by atoms with van der Waals surface area (Å²) in [6.45, 7) is 6.07. The molecule has 5 N–H and O–H groups in total. The zero-order valence-corrected chi connectivity index (χ0v) is 31.0. The van der Waals surface area contributed by atoms with Gasteiger partial charge in [-0.25, -0.2) is 4.98 Å². The average Bonchev–Trinajstić information content (AvgIpc) is 3.86. The highest BCUT2D eigenvalue weighted by atomic mass is 16.5. The molecule has 16 heteroatoms. The lowest BCUT2D eigenvalue weighted by Crippen LogP contribution is -2.54. The number of anilines is 2. The summed E-state index contributed by atoms with van der Waals surface area (Å²) in [6.07, 6.45) is 2.57. The SMILES string of the molecule is C[C@H]1CCCN1Cc1nc2ccc(NC(=O)c3ccc(C(=O)NCCOCCOCCNc4ccc5c(c4)C(=O)N(C4CCC(=O)NC4=O)C5=O)cc3)cc2[nH]1. The Morgan fingerprint density at radius 3 is 2.27 bits per heavy atom. The van der Waals surface area contributed by atoms with Crippen molar-refractivity contribution < 1.29 is 38.2 Å². The summed E-state index contributed by atoms with van der Waals surface area (Å²) in [5.74, 6) is -1.86. The summed E-state index contributed by atoms with van der Waals surface area (Å²) in [4.78, 5) is 86.6. The van der Waals surface area contributed by atoms with E-state index in [2.05, 4.69) is 38.1 Å². The lowest BCUT2D eigenvalue weighted by molar-refractivity contribution is -0.136. The Labute approximate surface area is 322 Å². The fraction of sp³-hybridized carbons (Fsp3) is 0.375. The number of imidazole rings is 1. The number of hydrogen-bond acceptors (Lipinski definition) is 11. The number of nitrogens with zero attached hydrogens (tertiary/aromatic N) is 3. The summed E-state index contributed by atoms with van der Waals surface area (Å²) >= 11 is 0. The van der Waals surface area contributed by atoms with E-state index in [0.717, 1.165) is 34.8 Å². The molecular formula is C40H44N8O8. The normalized spacial score (nSPS) is 18.3. The van der Waals surface area contributed by atoms with Crippen LogP contribution in [-0.2, 0) is 25.6 Å². The predicted molar refractivity (Wildman–Crippen MR) is 205 cm³/mol. The van der Waals surface area contributed by atoms with Crippen molar-refractivity contribution in [2.24, 2.45) is 0 Å². The van der Waals surface area contributed by atoms with Crippen molar-refractivity contribution in [3.8, 4) is 0 Å². The molecule has 2 saturated heterocycles. The molecule has 0 radical (unpaired) electrons. The van der Waals surface area contributed by atoms with E-state index in [-0.39, 0.29) is 48.9 Å². The predicted octanol–water partition coefficient (Wildman–Crippen LogP) is 3.08. The fourth-order valence-corrected chi connectivity index (χ4v) is 7.12. The number of nitrogens with one attached hydrogen (secondary N) is 5. The van der Waals surface area contributed by atoms with E-state index in [1.807, 2.05) is 18.2 Å². The van der Waals surface area contributed by atoms with Gasteiger partial charge in [-0.2, -0.15) is 0 Å². The molecule has 6 amide bonds. The van der Waals surface area contributed by atoms with Crippen LogP contribution in [0.4, 0.5) is 11.4 Å². The van der Waals surface area contributed by atoms with Crippen LogP contribution in [0.25, 0.3) is 11.0 Å². The Balaban J connectivity index is 0.760. The molecule has 4 aromatic rings. The van der Waals surface area contributed by atoms with E-state index in [0.29, 0.717) is 54.9 Å². The number of benzene rings is 3. The Hall–Kier alpha value is -5.97. The quantitative estimate of drug-likeness (QED) is 0.0829. The number of carbonyl (C=O) groups excluding carboxylic acids is 6.